The van der Waals surface area contributed by atoms with Gasteiger partial charge in [0.2, 0.25) is 5.88 Å². The Morgan fingerprint density at radius 3 is 2.82 bits per heavy atom. The molecule has 0 N–H and O–H groups in total. The number of ether oxygens (including phenoxy) is 2. The number of nitrogens with zero attached hydrogens (tertiary/aromatic N) is 4. The van der Waals surface area contributed by atoms with Crippen molar-refractivity contribution in [2.24, 2.45) is 4.99 Å². The van der Waals surface area contributed by atoms with E-state index in [1.807, 2.05) is 4.90 Å². The molecule has 0 saturated heterocycles. The highest BCUT2D eigenvalue weighted by atomic mass is 35.5. The SMILES string of the molecule is C/N=C\N(COC)Cc1cc(Cl)nnc1OC. The van der Waals surface area contributed by atoms with Crippen LogP contribution < -0.4 is 4.74 Å². The van der Waals surface area contributed by atoms with Gasteiger partial charge in [0.15, 0.2) is 5.15 Å². The molecule has 17 heavy (non-hydrogen) atoms. The van der Waals surface area contributed by atoms with Crippen molar-refractivity contribution in [3.05, 3.63) is 16.8 Å². The van der Waals surface area contributed by atoms with E-state index in [-0.39, 0.29) is 0 Å². The van der Waals surface area contributed by atoms with Crippen LogP contribution in [-0.4, -0.2) is 49.4 Å². The van der Waals surface area contributed by atoms with Gasteiger partial charge in [0.05, 0.1) is 20.0 Å². The third-order valence-corrected chi connectivity index (χ3v) is 2.13. The molecular weight excluding hydrogens is 244 g/mol. The third-order valence-electron chi connectivity index (χ3n) is 1.94. The van der Waals surface area contributed by atoms with Crippen LogP contribution in [0.15, 0.2) is 11.1 Å². The van der Waals surface area contributed by atoms with Gasteiger partial charge in [0.25, 0.3) is 0 Å². The van der Waals surface area contributed by atoms with Gasteiger partial charge in [-0.3, -0.25) is 4.99 Å². The molecule has 0 saturated carbocycles. The summed E-state index contributed by atoms with van der Waals surface area (Å²) in [6.07, 6.45) is 1.68. The van der Waals surface area contributed by atoms with Crippen molar-refractivity contribution in [3.63, 3.8) is 0 Å². The topological polar surface area (TPSA) is 59.8 Å². The van der Waals surface area contributed by atoms with Gasteiger partial charge in [0.1, 0.15) is 6.73 Å². The quantitative estimate of drug-likeness (QED) is 0.436. The molecule has 0 radical (unpaired) electrons. The Labute approximate surface area is 105 Å². The minimum Gasteiger partial charge on any atom is -0.480 e. The molecule has 6 nitrogen and oxygen atoms in total. The third kappa shape index (κ3) is 4.16. The van der Waals surface area contributed by atoms with Crippen molar-refractivity contribution < 1.29 is 9.47 Å². The smallest absolute Gasteiger partial charge is 0.238 e. The molecule has 0 aliphatic rings. The number of hydrogen-bond acceptors (Lipinski definition) is 5. The fraction of sp³-hybridized carbons (Fsp3) is 0.500. The first-order valence-corrected chi connectivity index (χ1v) is 5.30. The summed E-state index contributed by atoms with van der Waals surface area (Å²) in [4.78, 5) is 5.80. The molecule has 0 aliphatic carbocycles. The van der Waals surface area contributed by atoms with Gasteiger partial charge in [-0.05, 0) is 6.07 Å². The molecule has 0 aromatic carbocycles. The van der Waals surface area contributed by atoms with Crippen LogP contribution in [-0.2, 0) is 11.3 Å². The van der Waals surface area contributed by atoms with Gasteiger partial charge < -0.3 is 14.4 Å². The van der Waals surface area contributed by atoms with Crippen molar-refractivity contribution in [1.82, 2.24) is 15.1 Å². The lowest BCUT2D eigenvalue weighted by atomic mass is 10.3. The number of aromatic nitrogens is 2. The lowest BCUT2D eigenvalue weighted by Crippen LogP contribution is -2.24. The van der Waals surface area contributed by atoms with E-state index in [0.29, 0.717) is 24.3 Å². The summed E-state index contributed by atoms with van der Waals surface area (Å²) in [6, 6.07) is 1.71. The Bertz CT molecular complexity index is 387. The van der Waals surface area contributed by atoms with E-state index in [1.54, 1.807) is 26.6 Å². The zero-order chi connectivity index (χ0) is 12.7. The summed E-state index contributed by atoms with van der Waals surface area (Å²) < 4.78 is 10.2. The van der Waals surface area contributed by atoms with Crippen LogP contribution in [0, 0.1) is 0 Å². The molecule has 1 heterocycles. The van der Waals surface area contributed by atoms with Gasteiger partial charge >= 0.3 is 0 Å². The second kappa shape index (κ2) is 7.03. The average Bonchev–Trinajstić information content (AvgIpc) is 2.30. The van der Waals surface area contributed by atoms with Crippen molar-refractivity contribution in [2.45, 2.75) is 6.54 Å². The highest BCUT2D eigenvalue weighted by molar-refractivity contribution is 6.29. The first-order valence-electron chi connectivity index (χ1n) is 4.92. The maximum absolute atomic E-state index is 5.80. The lowest BCUT2D eigenvalue weighted by molar-refractivity contribution is 0.108. The second-order valence-electron chi connectivity index (χ2n) is 3.24. The van der Waals surface area contributed by atoms with Crippen molar-refractivity contribution in [1.29, 1.82) is 0 Å². The molecular formula is C10H15ClN4O2. The number of hydrogen-bond donors (Lipinski definition) is 0. The van der Waals surface area contributed by atoms with Crippen LogP contribution in [0.25, 0.3) is 0 Å². The first kappa shape index (κ1) is 13.7. The van der Waals surface area contributed by atoms with Crippen molar-refractivity contribution in [3.8, 4) is 5.88 Å². The summed E-state index contributed by atoms with van der Waals surface area (Å²) >= 11 is 5.80. The van der Waals surface area contributed by atoms with E-state index in [9.17, 15) is 0 Å². The average molecular weight is 259 g/mol. The number of halogens is 1. The Hall–Kier alpha value is -1.40. The van der Waals surface area contributed by atoms with E-state index < -0.39 is 0 Å². The number of aliphatic imine (C=N–C) groups is 1. The molecule has 1 rings (SSSR count). The molecule has 7 heteroatoms. The Morgan fingerprint density at radius 1 is 1.47 bits per heavy atom. The minimum atomic E-state index is 0.326. The van der Waals surface area contributed by atoms with Gasteiger partial charge in [-0.15, -0.1) is 10.2 Å². The predicted molar refractivity (Wildman–Crippen MR) is 65.4 cm³/mol. The largest absolute Gasteiger partial charge is 0.480 e. The van der Waals surface area contributed by atoms with Crippen molar-refractivity contribution in [2.75, 3.05) is 28.0 Å². The molecule has 0 unspecified atom stereocenters. The second-order valence-corrected chi connectivity index (χ2v) is 3.63. The molecule has 0 spiro atoms. The summed E-state index contributed by atoms with van der Waals surface area (Å²) in [6.45, 7) is 0.948. The first-order chi connectivity index (χ1) is 8.21. The Kier molecular flexibility index (Phi) is 5.65. The van der Waals surface area contributed by atoms with Crippen molar-refractivity contribution >= 4 is 17.9 Å². The molecule has 94 valence electrons. The molecule has 0 fully saturated rings. The summed E-state index contributed by atoms with van der Waals surface area (Å²) in [5.41, 5.74) is 0.824. The van der Waals surface area contributed by atoms with Gasteiger partial charge in [-0.2, -0.15) is 0 Å². The Morgan fingerprint density at radius 2 is 2.24 bits per heavy atom. The van der Waals surface area contributed by atoms with E-state index >= 15 is 0 Å². The standard InChI is InChI=1S/C10H15ClN4O2/c1-12-6-15(7-16-2)5-8-4-9(11)13-14-10(8)17-3/h4,6H,5,7H2,1-3H3/b12-6-. The normalized spacial score (nSPS) is 10.8. The molecule has 0 atom stereocenters. The van der Waals surface area contributed by atoms with Crippen LogP contribution in [0.2, 0.25) is 5.15 Å². The number of rotatable bonds is 6. The van der Waals surface area contributed by atoms with Gasteiger partial charge in [-0.1, -0.05) is 11.6 Å². The molecule has 1 aromatic rings. The fourth-order valence-corrected chi connectivity index (χ4v) is 1.51. The summed E-state index contributed by atoms with van der Waals surface area (Å²) in [7, 11) is 4.85. The fourth-order valence-electron chi connectivity index (χ4n) is 1.34. The predicted octanol–water partition coefficient (Wildman–Crippen LogP) is 1.20. The highest BCUT2D eigenvalue weighted by Gasteiger charge is 2.10. The van der Waals surface area contributed by atoms with Gasteiger partial charge in [-0.25, -0.2) is 0 Å². The summed E-state index contributed by atoms with van der Waals surface area (Å²) in [5.74, 6) is 0.444. The van der Waals surface area contributed by atoms with E-state index in [1.165, 1.54) is 7.11 Å². The van der Waals surface area contributed by atoms with Crippen LogP contribution >= 0.6 is 11.6 Å². The zero-order valence-electron chi connectivity index (χ0n) is 10.1. The minimum absolute atomic E-state index is 0.326. The van der Waals surface area contributed by atoms with Crippen LogP contribution in [0.5, 0.6) is 5.88 Å². The molecule has 0 bridgehead atoms. The van der Waals surface area contributed by atoms with E-state index in [4.69, 9.17) is 21.1 Å². The van der Waals surface area contributed by atoms with E-state index in [0.717, 1.165) is 5.56 Å². The lowest BCUT2D eigenvalue weighted by Gasteiger charge is -2.18. The molecule has 0 aliphatic heterocycles. The Balaban J connectivity index is 2.86. The van der Waals surface area contributed by atoms with Crippen LogP contribution in [0.4, 0.5) is 0 Å². The maximum atomic E-state index is 5.80. The highest BCUT2D eigenvalue weighted by Crippen LogP contribution is 2.18. The van der Waals surface area contributed by atoms with E-state index in [2.05, 4.69) is 15.2 Å². The van der Waals surface area contributed by atoms with Gasteiger partial charge in [0, 0.05) is 19.7 Å². The zero-order valence-corrected chi connectivity index (χ0v) is 10.8. The summed E-state index contributed by atoms with van der Waals surface area (Å²) in [5, 5.41) is 7.90. The number of methoxy groups -OCH3 is 2. The monoisotopic (exact) mass is 258 g/mol. The van der Waals surface area contributed by atoms with Crippen LogP contribution in [0.1, 0.15) is 5.56 Å². The molecule has 1 aromatic heterocycles. The maximum Gasteiger partial charge on any atom is 0.238 e. The molecule has 0 amide bonds. The van der Waals surface area contributed by atoms with Crippen LogP contribution in [0.3, 0.4) is 0 Å².